The zero-order chi connectivity index (χ0) is 21.6. The maximum Gasteiger partial charge on any atom is 0.319 e. The molecule has 0 saturated carbocycles. The van der Waals surface area contributed by atoms with E-state index in [0.29, 0.717) is 28.9 Å². The van der Waals surface area contributed by atoms with Crippen molar-refractivity contribution in [2.24, 2.45) is 0 Å². The first-order chi connectivity index (χ1) is 15.2. The van der Waals surface area contributed by atoms with Gasteiger partial charge in [-0.2, -0.15) is 0 Å². The number of hydrogen-bond donors (Lipinski definition) is 1. The third-order valence-electron chi connectivity index (χ3n) is 4.77. The van der Waals surface area contributed by atoms with E-state index in [1.54, 1.807) is 0 Å². The zero-order valence-electron chi connectivity index (χ0n) is 16.8. The number of esters is 1. The zero-order valence-corrected chi connectivity index (χ0v) is 17.6. The highest BCUT2D eigenvalue weighted by molar-refractivity contribution is 6.35. The molecule has 0 aliphatic heterocycles. The Morgan fingerprint density at radius 2 is 1.61 bits per heavy atom. The van der Waals surface area contributed by atoms with E-state index in [4.69, 9.17) is 16.0 Å². The van der Waals surface area contributed by atoms with Gasteiger partial charge in [-0.15, -0.1) is 10.2 Å². The van der Waals surface area contributed by atoms with E-state index in [9.17, 15) is 4.79 Å². The largest absolute Gasteiger partial charge is 0.468 e. The summed E-state index contributed by atoms with van der Waals surface area (Å²) in [4.78, 5) is 11.2. The quantitative estimate of drug-likeness (QED) is 0.414. The third kappa shape index (κ3) is 4.82. The highest BCUT2D eigenvalue weighted by atomic mass is 35.5. The normalized spacial score (nSPS) is 10.8. The minimum Gasteiger partial charge on any atom is -0.468 e. The summed E-state index contributed by atoms with van der Waals surface area (Å²) in [6.07, 6.45) is 0. The molecule has 1 aromatic heterocycles. The molecule has 0 aliphatic rings. The van der Waals surface area contributed by atoms with E-state index in [1.807, 2.05) is 72.8 Å². The average Bonchev–Trinajstić information content (AvgIpc) is 3.30. The van der Waals surface area contributed by atoms with Gasteiger partial charge in [0, 0.05) is 17.7 Å². The van der Waals surface area contributed by atoms with Gasteiger partial charge in [-0.3, -0.25) is 4.79 Å². The van der Waals surface area contributed by atoms with Crippen molar-refractivity contribution in [2.45, 2.75) is 6.54 Å². The molecule has 0 atom stereocenters. The number of benzene rings is 3. The minimum atomic E-state index is -0.301. The second-order valence-corrected chi connectivity index (χ2v) is 7.20. The Morgan fingerprint density at radius 1 is 0.903 bits per heavy atom. The average molecular weight is 434 g/mol. The van der Waals surface area contributed by atoms with Crippen LogP contribution >= 0.6 is 11.6 Å². The first kappa shape index (κ1) is 20.8. The lowest BCUT2D eigenvalue weighted by Crippen LogP contribution is -2.23. The van der Waals surface area contributed by atoms with E-state index < -0.39 is 0 Å². The number of hydrogen-bond acceptors (Lipinski definition) is 6. The molecule has 0 aliphatic carbocycles. The fourth-order valence-electron chi connectivity index (χ4n) is 3.13. The van der Waals surface area contributed by atoms with Gasteiger partial charge in [0.05, 0.1) is 24.2 Å². The Kier molecular flexibility index (Phi) is 6.40. The van der Waals surface area contributed by atoms with Crippen molar-refractivity contribution < 1.29 is 13.9 Å². The predicted octanol–water partition coefficient (Wildman–Crippen LogP) is 4.99. The number of rotatable bonds is 7. The molecular formula is C24H20ClN3O3. The Labute approximate surface area is 184 Å². The molecule has 156 valence electrons. The highest BCUT2D eigenvalue weighted by Crippen LogP contribution is 2.36. The van der Waals surface area contributed by atoms with E-state index in [-0.39, 0.29) is 12.5 Å². The van der Waals surface area contributed by atoms with E-state index >= 15 is 0 Å². The van der Waals surface area contributed by atoms with Crippen LogP contribution in [0.15, 0.2) is 77.2 Å². The summed E-state index contributed by atoms with van der Waals surface area (Å²) in [5.41, 5.74) is 4.43. The van der Waals surface area contributed by atoms with Crippen LogP contribution in [-0.4, -0.2) is 29.8 Å². The van der Waals surface area contributed by atoms with Crippen LogP contribution in [0.3, 0.4) is 0 Å². The van der Waals surface area contributed by atoms with Crippen molar-refractivity contribution in [1.29, 1.82) is 0 Å². The van der Waals surface area contributed by atoms with Crippen LogP contribution in [0, 0.1) is 0 Å². The van der Waals surface area contributed by atoms with Gasteiger partial charge in [0.25, 0.3) is 0 Å². The van der Waals surface area contributed by atoms with Crippen LogP contribution < -0.4 is 5.32 Å². The molecule has 0 amide bonds. The molecule has 4 aromatic rings. The number of methoxy groups -OCH3 is 1. The molecule has 0 radical (unpaired) electrons. The maximum absolute atomic E-state index is 11.2. The topological polar surface area (TPSA) is 77.2 Å². The Hall–Kier alpha value is -3.48. The molecule has 0 fully saturated rings. The Balaban J connectivity index is 1.52. The number of carbonyl (C=O) groups is 1. The van der Waals surface area contributed by atoms with E-state index in [2.05, 4.69) is 20.3 Å². The summed E-state index contributed by atoms with van der Waals surface area (Å²) in [6, 6.07) is 23.3. The molecule has 31 heavy (non-hydrogen) atoms. The maximum atomic E-state index is 11.2. The Bertz CT molecular complexity index is 1170. The number of nitrogens with zero attached hydrogens (tertiary/aromatic N) is 2. The summed E-state index contributed by atoms with van der Waals surface area (Å²) in [5, 5.41) is 12.0. The number of aromatic nitrogens is 2. The van der Waals surface area contributed by atoms with Crippen LogP contribution in [0.25, 0.3) is 34.0 Å². The second-order valence-electron chi connectivity index (χ2n) is 6.82. The number of ether oxygens (including phenoxy) is 1. The molecule has 0 unspecified atom stereocenters. The lowest BCUT2D eigenvalue weighted by molar-refractivity contribution is -0.139. The second kappa shape index (κ2) is 9.55. The molecule has 6 nitrogen and oxygen atoms in total. The smallest absolute Gasteiger partial charge is 0.319 e. The SMILES string of the molecule is COC(=O)CNCc1ccc(-c2nnc(-c3cccc(-c4ccccc4)c3Cl)o2)cc1. The van der Waals surface area contributed by atoms with Gasteiger partial charge in [-0.25, -0.2) is 0 Å². The minimum absolute atomic E-state index is 0.161. The van der Waals surface area contributed by atoms with Gasteiger partial charge in [0.15, 0.2) is 0 Å². The van der Waals surface area contributed by atoms with Crippen molar-refractivity contribution in [1.82, 2.24) is 15.5 Å². The predicted molar refractivity (Wildman–Crippen MR) is 119 cm³/mol. The first-order valence-corrected chi connectivity index (χ1v) is 10.1. The molecule has 3 aromatic carbocycles. The molecule has 4 rings (SSSR count). The van der Waals surface area contributed by atoms with E-state index in [0.717, 1.165) is 22.3 Å². The van der Waals surface area contributed by atoms with Crippen LogP contribution in [-0.2, 0) is 16.1 Å². The Morgan fingerprint density at radius 3 is 2.35 bits per heavy atom. The lowest BCUT2D eigenvalue weighted by atomic mass is 10.0. The summed E-state index contributed by atoms with van der Waals surface area (Å²) >= 11 is 6.67. The standard InChI is InChI=1S/C24H20ClN3O3/c1-30-21(29)15-26-14-16-10-12-18(13-11-16)23-27-28-24(31-23)20-9-5-8-19(22(20)25)17-6-3-2-4-7-17/h2-13,26H,14-15H2,1H3. The summed E-state index contributed by atoms with van der Waals surface area (Å²) in [5.74, 6) is 0.469. The van der Waals surface area contributed by atoms with Gasteiger partial charge in [0.2, 0.25) is 11.8 Å². The van der Waals surface area contributed by atoms with Crippen LogP contribution in [0.1, 0.15) is 5.56 Å². The molecule has 0 spiro atoms. The highest BCUT2D eigenvalue weighted by Gasteiger charge is 2.16. The summed E-state index contributed by atoms with van der Waals surface area (Å²) < 4.78 is 10.5. The van der Waals surface area contributed by atoms with Gasteiger partial charge in [-0.1, -0.05) is 66.2 Å². The van der Waals surface area contributed by atoms with Crippen LogP contribution in [0.2, 0.25) is 5.02 Å². The monoisotopic (exact) mass is 433 g/mol. The lowest BCUT2D eigenvalue weighted by Gasteiger charge is -2.07. The molecule has 1 heterocycles. The molecule has 1 N–H and O–H groups in total. The molecule has 0 saturated heterocycles. The van der Waals surface area contributed by atoms with Gasteiger partial charge in [0.1, 0.15) is 0 Å². The summed E-state index contributed by atoms with van der Waals surface area (Å²) in [6.45, 7) is 0.709. The van der Waals surface area contributed by atoms with Crippen molar-refractivity contribution in [3.8, 4) is 34.0 Å². The third-order valence-corrected chi connectivity index (χ3v) is 5.17. The van der Waals surface area contributed by atoms with E-state index in [1.165, 1.54) is 7.11 Å². The number of halogens is 1. The van der Waals surface area contributed by atoms with Crippen LogP contribution in [0.4, 0.5) is 0 Å². The van der Waals surface area contributed by atoms with Crippen molar-refractivity contribution in [3.63, 3.8) is 0 Å². The van der Waals surface area contributed by atoms with Gasteiger partial charge >= 0.3 is 5.97 Å². The van der Waals surface area contributed by atoms with Gasteiger partial charge < -0.3 is 14.5 Å². The van der Waals surface area contributed by atoms with Crippen molar-refractivity contribution in [3.05, 3.63) is 83.4 Å². The van der Waals surface area contributed by atoms with Crippen LogP contribution in [0.5, 0.6) is 0 Å². The van der Waals surface area contributed by atoms with Gasteiger partial charge in [-0.05, 0) is 29.3 Å². The first-order valence-electron chi connectivity index (χ1n) is 9.70. The summed E-state index contributed by atoms with van der Waals surface area (Å²) in [7, 11) is 1.36. The van der Waals surface area contributed by atoms with Crippen molar-refractivity contribution in [2.75, 3.05) is 13.7 Å². The fraction of sp³-hybridized carbons (Fsp3) is 0.125. The fourth-order valence-corrected chi connectivity index (χ4v) is 3.45. The molecule has 0 bridgehead atoms. The number of nitrogens with one attached hydrogen (secondary N) is 1. The van der Waals surface area contributed by atoms with Crippen molar-refractivity contribution >= 4 is 17.6 Å². The molecule has 7 heteroatoms. The number of carbonyl (C=O) groups excluding carboxylic acids is 1. The molecular weight excluding hydrogens is 414 g/mol.